The molecule has 0 amide bonds. The molecular formula is C8H12N2O. The lowest BCUT2D eigenvalue weighted by molar-refractivity contribution is 0.0661. The molecule has 0 aliphatic heterocycles. The maximum absolute atomic E-state index is 5.01. The van der Waals surface area contributed by atoms with Crippen molar-refractivity contribution in [3.05, 3.63) is 29.6 Å². The van der Waals surface area contributed by atoms with Crippen molar-refractivity contribution in [1.82, 2.24) is 4.98 Å². The molecule has 3 nitrogen and oxygen atoms in total. The molecule has 0 spiro atoms. The topological polar surface area (TPSA) is 48.1 Å². The van der Waals surface area contributed by atoms with E-state index < -0.39 is 0 Å². The Hall–Kier alpha value is -0.930. The summed E-state index contributed by atoms with van der Waals surface area (Å²) >= 11 is 0. The van der Waals surface area contributed by atoms with Gasteiger partial charge in [-0.2, -0.15) is 0 Å². The molecule has 0 radical (unpaired) electrons. The van der Waals surface area contributed by atoms with Crippen molar-refractivity contribution < 1.29 is 4.84 Å². The number of hydrogen-bond acceptors (Lipinski definition) is 3. The Morgan fingerprint density at radius 3 is 2.73 bits per heavy atom. The van der Waals surface area contributed by atoms with E-state index >= 15 is 0 Å². The van der Waals surface area contributed by atoms with Gasteiger partial charge >= 0.3 is 0 Å². The van der Waals surface area contributed by atoms with Crippen LogP contribution in [0.5, 0.6) is 0 Å². The predicted octanol–water partition coefficient (Wildman–Crippen LogP) is 1.34. The van der Waals surface area contributed by atoms with Gasteiger partial charge in [0.15, 0.2) is 0 Å². The molecule has 0 aromatic carbocycles. The number of rotatable bonds is 2. The molecule has 0 saturated carbocycles. The highest BCUT2D eigenvalue weighted by Crippen LogP contribution is 2.12. The summed E-state index contributed by atoms with van der Waals surface area (Å²) in [5, 5.41) is 0. The SMILES string of the molecule is Cc1ccc(C(C)ON)cn1. The quantitative estimate of drug-likeness (QED) is 0.650. The maximum atomic E-state index is 5.01. The average Bonchev–Trinajstić information content (AvgIpc) is 2.05. The molecule has 1 rings (SSSR count). The zero-order valence-corrected chi connectivity index (χ0v) is 6.74. The summed E-state index contributed by atoms with van der Waals surface area (Å²) < 4.78 is 0. The zero-order valence-electron chi connectivity index (χ0n) is 6.74. The van der Waals surface area contributed by atoms with E-state index in [-0.39, 0.29) is 6.10 Å². The first-order valence-electron chi connectivity index (χ1n) is 3.52. The molecule has 0 fully saturated rings. The van der Waals surface area contributed by atoms with Crippen molar-refractivity contribution in [3.8, 4) is 0 Å². The van der Waals surface area contributed by atoms with Crippen LogP contribution in [0.2, 0.25) is 0 Å². The van der Waals surface area contributed by atoms with Crippen molar-refractivity contribution in [2.24, 2.45) is 5.90 Å². The van der Waals surface area contributed by atoms with E-state index in [9.17, 15) is 0 Å². The summed E-state index contributed by atoms with van der Waals surface area (Å²) in [6, 6.07) is 3.89. The summed E-state index contributed by atoms with van der Waals surface area (Å²) in [6.07, 6.45) is 1.69. The largest absolute Gasteiger partial charge is 0.297 e. The number of nitrogens with zero attached hydrogens (tertiary/aromatic N) is 1. The highest BCUT2D eigenvalue weighted by atomic mass is 16.6. The Morgan fingerprint density at radius 1 is 1.55 bits per heavy atom. The summed E-state index contributed by atoms with van der Waals surface area (Å²) in [5.74, 6) is 5.01. The molecule has 0 aliphatic carbocycles. The Morgan fingerprint density at radius 2 is 2.27 bits per heavy atom. The van der Waals surface area contributed by atoms with Gasteiger partial charge in [-0.3, -0.25) is 9.82 Å². The molecule has 60 valence electrons. The van der Waals surface area contributed by atoms with E-state index in [1.54, 1.807) is 6.20 Å². The van der Waals surface area contributed by atoms with Crippen LogP contribution >= 0.6 is 0 Å². The Bertz CT molecular complexity index is 220. The summed E-state index contributed by atoms with van der Waals surface area (Å²) in [4.78, 5) is 8.75. The van der Waals surface area contributed by atoms with Gasteiger partial charge in [-0.1, -0.05) is 6.07 Å². The standard InChI is InChI=1S/C8H12N2O/c1-6-3-4-8(5-10-6)7(2)11-9/h3-5,7H,9H2,1-2H3. The van der Waals surface area contributed by atoms with Gasteiger partial charge in [0.05, 0.1) is 0 Å². The van der Waals surface area contributed by atoms with Crippen LogP contribution in [0, 0.1) is 6.92 Å². The van der Waals surface area contributed by atoms with Crippen molar-refractivity contribution in [2.75, 3.05) is 0 Å². The van der Waals surface area contributed by atoms with Gasteiger partial charge in [0.1, 0.15) is 6.10 Å². The fourth-order valence-electron chi connectivity index (χ4n) is 0.798. The van der Waals surface area contributed by atoms with Gasteiger partial charge < -0.3 is 0 Å². The summed E-state index contributed by atoms with van der Waals surface area (Å²) in [5.41, 5.74) is 2.00. The average molecular weight is 152 g/mol. The third-order valence-corrected chi connectivity index (χ3v) is 1.61. The molecular weight excluding hydrogens is 140 g/mol. The van der Waals surface area contributed by atoms with Crippen LogP contribution in [0.3, 0.4) is 0 Å². The normalized spacial score (nSPS) is 13.0. The first kappa shape index (κ1) is 8.17. The lowest BCUT2D eigenvalue weighted by Gasteiger charge is -2.07. The van der Waals surface area contributed by atoms with E-state index in [1.807, 2.05) is 26.0 Å². The van der Waals surface area contributed by atoms with Crippen molar-refractivity contribution >= 4 is 0 Å². The van der Waals surface area contributed by atoms with Gasteiger partial charge in [0.25, 0.3) is 0 Å². The van der Waals surface area contributed by atoms with Crippen molar-refractivity contribution in [2.45, 2.75) is 20.0 Å². The highest BCUT2D eigenvalue weighted by molar-refractivity contribution is 5.14. The van der Waals surface area contributed by atoms with E-state index in [4.69, 9.17) is 5.90 Å². The van der Waals surface area contributed by atoms with Crippen LogP contribution in [-0.2, 0) is 4.84 Å². The van der Waals surface area contributed by atoms with Gasteiger partial charge in [0.2, 0.25) is 0 Å². The van der Waals surface area contributed by atoms with Crippen LogP contribution in [0.1, 0.15) is 24.3 Å². The molecule has 0 saturated heterocycles. The van der Waals surface area contributed by atoms with Crippen LogP contribution in [0.15, 0.2) is 18.3 Å². The first-order valence-corrected chi connectivity index (χ1v) is 3.52. The Kier molecular flexibility index (Phi) is 2.57. The zero-order chi connectivity index (χ0) is 8.27. The second-order valence-corrected chi connectivity index (χ2v) is 2.51. The highest BCUT2D eigenvalue weighted by Gasteiger charge is 2.02. The number of hydrogen-bond donors (Lipinski definition) is 1. The van der Waals surface area contributed by atoms with E-state index in [0.29, 0.717) is 0 Å². The minimum Gasteiger partial charge on any atom is -0.297 e. The molecule has 1 aromatic heterocycles. The first-order chi connectivity index (χ1) is 5.24. The van der Waals surface area contributed by atoms with Crippen LogP contribution in [0.25, 0.3) is 0 Å². The summed E-state index contributed by atoms with van der Waals surface area (Å²) in [7, 11) is 0. The predicted molar refractivity (Wildman–Crippen MR) is 42.7 cm³/mol. The number of aryl methyl sites for hydroxylation is 1. The monoisotopic (exact) mass is 152 g/mol. The smallest absolute Gasteiger partial charge is 0.102 e. The lowest BCUT2D eigenvalue weighted by Crippen LogP contribution is -2.05. The number of pyridine rings is 1. The van der Waals surface area contributed by atoms with Crippen LogP contribution in [-0.4, -0.2) is 4.98 Å². The van der Waals surface area contributed by atoms with Crippen molar-refractivity contribution in [3.63, 3.8) is 0 Å². The van der Waals surface area contributed by atoms with E-state index in [1.165, 1.54) is 0 Å². The number of aromatic nitrogens is 1. The van der Waals surface area contributed by atoms with E-state index in [0.717, 1.165) is 11.3 Å². The molecule has 2 N–H and O–H groups in total. The minimum atomic E-state index is -0.0805. The second kappa shape index (κ2) is 3.46. The third-order valence-electron chi connectivity index (χ3n) is 1.61. The molecule has 1 aromatic rings. The second-order valence-electron chi connectivity index (χ2n) is 2.51. The van der Waals surface area contributed by atoms with Gasteiger partial charge in [0, 0.05) is 17.5 Å². The molecule has 0 bridgehead atoms. The summed E-state index contributed by atoms with van der Waals surface area (Å²) in [6.45, 7) is 3.82. The van der Waals surface area contributed by atoms with Gasteiger partial charge in [-0.25, -0.2) is 5.90 Å². The Labute approximate surface area is 66.2 Å². The van der Waals surface area contributed by atoms with Crippen molar-refractivity contribution in [1.29, 1.82) is 0 Å². The molecule has 1 atom stereocenters. The van der Waals surface area contributed by atoms with Crippen LogP contribution in [0.4, 0.5) is 0 Å². The van der Waals surface area contributed by atoms with Gasteiger partial charge in [-0.05, 0) is 19.9 Å². The fourth-order valence-corrected chi connectivity index (χ4v) is 0.798. The lowest BCUT2D eigenvalue weighted by atomic mass is 10.2. The molecule has 11 heavy (non-hydrogen) atoms. The fraction of sp³-hybridized carbons (Fsp3) is 0.375. The minimum absolute atomic E-state index is 0.0805. The third kappa shape index (κ3) is 2.00. The van der Waals surface area contributed by atoms with Gasteiger partial charge in [-0.15, -0.1) is 0 Å². The number of nitrogens with two attached hydrogens (primary N) is 1. The molecule has 3 heteroatoms. The maximum Gasteiger partial charge on any atom is 0.102 e. The van der Waals surface area contributed by atoms with Crippen LogP contribution < -0.4 is 5.90 Å². The molecule has 1 unspecified atom stereocenters. The molecule has 0 aliphatic rings. The Balaban J connectivity index is 2.81. The molecule has 1 heterocycles. The van der Waals surface area contributed by atoms with E-state index in [2.05, 4.69) is 9.82 Å².